The molecule has 1 aliphatic rings. The summed E-state index contributed by atoms with van der Waals surface area (Å²) in [7, 11) is -3.87. The first-order valence-electron chi connectivity index (χ1n) is 6.93. The molecule has 0 spiro atoms. The molecule has 5 nitrogen and oxygen atoms in total. The molecule has 1 aromatic rings. The van der Waals surface area contributed by atoms with Gasteiger partial charge in [-0.3, -0.25) is 4.79 Å². The quantitative estimate of drug-likeness (QED) is 0.851. The molecule has 1 aromatic carbocycles. The molecule has 0 saturated heterocycles. The molecule has 0 unspecified atom stereocenters. The summed E-state index contributed by atoms with van der Waals surface area (Å²) in [6.07, 6.45) is 5.39. The van der Waals surface area contributed by atoms with E-state index in [-0.39, 0.29) is 16.8 Å². The van der Waals surface area contributed by atoms with E-state index in [0.717, 1.165) is 25.7 Å². The Kier molecular flexibility index (Phi) is 5.06. The van der Waals surface area contributed by atoms with Crippen molar-refractivity contribution in [3.63, 3.8) is 0 Å². The molecule has 0 bridgehead atoms. The van der Waals surface area contributed by atoms with Gasteiger partial charge in [-0.1, -0.05) is 19.3 Å². The number of hydrogen-bond acceptors (Lipinski definition) is 3. The van der Waals surface area contributed by atoms with Crippen molar-refractivity contribution in [2.24, 2.45) is 5.14 Å². The highest BCUT2D eigenvalue weighted by molar-refractivity contribution is 9.10. The Bertz CT molecular complexity index is 652. The van der Waals surface area contributed by atoms with Gasteiger partial charge in [0.25, 0.3) is 5.91 Å². The highest BCUT2D eigenvalue weighted by Gasteiger charge is 2.21. The second kappa shape index (κ2) is 6.46. The van der Waals surface area contributed by atoms with Gasteiger partial charge in [-0.2, -0.15) is 0 Å². The van der Waals surface area contributed by atoms with E-state index in [1.807, 2.05) is 0 Å². The summed E-state index contributed by atoms with van der Waals surface area (Å²) >= 11 is 3.21. The zero-order chi connectivity index (χ0) is 15.6. The van der Waals surface area contributed by atoms with Crippen molar-refractivity contribution in [3.05, 3.63) is 27.7 Å². The number of rotatable bonds is 3. The van der Waals surface area contributed by atoms with Crippen molar-refractivity contribution in [1.82, 2.24) is 5.32 Å². The number of benzene rings is 1. The van der Waals surface area contributed by atoms with Crippen molar-refractivity contribution in [2.75, 3.05) is 0 Å². The zero-order valence-corrected chi connectivity index (χ0v) is 14.3. The van der Waals surface area contributed by atoms with Gasteiger partial charge in [0, 0.05) is 16.1 Å². The Hall–Kier alpha value is -0.920. The fourth-order valence-corrected chi connectivity index (χ4v) is 4.20. The van der Waals surface area contributed by atoms with E-state index in [1.54, 1.807) is 13.0 Å². The zero-order valence-electron chi connectivity index (χ0n) is 11.9. The third kappa shape index (κ3) is 4.05. The van der Waals surface area contributed by atoms with E-state index in [9.17, 15) is 13.2 Å². The summed E-state index contributed by atoms with van der Waals surface area (Å²) in [5.74, 6) is -0.248. The highest BCUT2D eigenvalue weighted by Crippen LogP contribution is 2.27. The van der Waals surface area contributed by atoms with Gasteiger partial charge >= 0.3 is 0 Å². The molecule has 0 atom stereocenters. The molecule has 3 N–H and O–H groups in total. The van der Waals surface area contributed by atoms with Gasteiger partial charge in [0.15, 0.2) is 0 Å². The number of amides is 1. The van der Waals surface area contributed by atoms with Gasteiger partial charge in [-0.05, 0) is 53.4 Å². The summed E-state index contributed by atoms with van der Waals surface area (Å²) in [4.78, 5) is 12.2. The molecule has 0 aromatic heterocycles. The first-order chi connectivity index (χ1) is 9.79. The van der Waals surface area contributed by atoms with Gasteiger partial charge in [0.1, 0.15) is 0 Å². The molecule has 21 heavy (non-hydrogen) atoms. The second-order valence-corrected chi connectivity index (χ2v) is 7.78. The van der Waals surface area contributed by atoms with Gasteiger partial charge in [-0.25, -0.2) is 13.6 Å². The molecule has 0 aliphatic heterocycles. The predicted octanol–water partition coefficient (Wildman–Crippen LogP) is 2.47. The number of sulfonamides is 1. The number of primary sulfonamides is 1. The first-order valence-corrected chi connectivity index (χ1v) is 9.27. The fraction of sp³-hybridized carbons (Fsp3) is 0.500. The molecule has 0 heterocycles. The SMILES string of the molecule is Cc1cc(C(=O)NC2CCCCC2)cc(S(N)(=O)=O)c1Br. The number of carbonyl (C=O) groups excluding carboxylic acids is 1. The molecule has 7 heteroatoms. The Morgan fingerprint density at radius 2 is 1.90 bits per heavy atom. The van der Waals surface area contributed by atoms with Gasteiger partial charge < -0.3 is 5.32 Å². The maximum Gasteiger partial charge on any atom is 0.251 e. The highest BCUT2D eigenvalue weighted by atomic mass is 79.9. The van der Waals surface area contributed by atoms with E-state index in [1.165, 1.54) is 12.5 Å². The average Bonchev–Trinajstić information content (AvgIpc) is 2.41. The summed E-state index contributed by atoms with van der Waals surface area (Å²) in [6.45, 7) is 1.73. The minimum Gasteiger partial charge on any atom is -0.349 e. The summed E-state index contributed by atoms with van der Waals surface area (Å²) in [5.41, 5.74) is 0.987. The maximum absolute atomic E-state index is 12.3. The van der Waals surface area contributed by atoms with Crippen LogP contribution in [0.4, 0.5) is 0 Å². The standard InChI is InChI=1S/C14H19BrN2O3S/c1-9-7-10(8-12(13(9)15)21(16,19)20)14(18)17-11-5-3-2-4-6-11/h7-8,11H,2-6H2,1H3,(H,17,18)(H2,16,19,20). The van der Waals surface area contributed by atoms with Crippen LogP contribution < -0.4 is 10.5 Å². The second-order valence-electron chi connectivity index (χ2n) is 5.46. The van der Waals surface area contributed by atoms with E-state index in [4.69, 9.17) is 5.14 Å². The molecule has 0 radical (unpaired) electrons. The summed E-state index contributed by atoms with van der Waals surface area (Å²) in [6, 6.07) is 3.16. The van der Waals surface area contributed by atoms with Crippen LogP contribution in [-0.4, -0.2) is 20.4 Å². The lowest BCUT2D eigenvalue weighted by Crippen LogP contribution is -2.36. The average molecular weight is 375 g/mol. The van der Waals surface area contributed by atoms with Crippen LogP contribution in [0.15, 0.2) is 21.5 Å². The van der Waals surface area contributed by atoms with E-state index >= 15 is 0 Å². The van der Waals surface area contributed by atoms with Crippen LogP contribution in [0.2, 0.25) is 0 Å². The molecule has 1 saturated carbocycles. The normalized spacial score (nSPS) is 16.7. The fourth-order valence-electron chi connectivity index (χ4n) is 2.59. The van der Waals surface area contributed by atoms with E-state index < -0.39 is 10.0 Å². The monoisotopic (exact) mass is 374 g/mol. The van der Waals surface area contributed by atoms with Crippen LogP contribution in [-0.2, 0) is 10.0 Å². The molecule has 1 aliphatic carbocycles. The largest absolute Gasteiger partial charge is 0.349 e. The maximum atomic E-state index is 12.3. The van der Waals surface area contributed by atoms with Crippen molar-refractivity contribution in [3.8, 4) is 0 Å². The molecule has 1 amide bonds. The van der Waals surface area contributed by atoms with Crippen LogP contribution >= 0.6 is 15.9 Å². The Morgan fingerprint density at radius 3 is 2.48 bits per heavy atom. The smallest absolute Gasteiger partial charge is 0.251 e. The Balaban J connectivity index is 2.27. The van der Waals surface area contributed by atoms with E-state index in [0.29, 0.717) is 15.6 Å². The van der Waals surface area contributed by atoms with Crippen molar-refractivity contribution >= 4 is 31.9 Å². The van der Waals surface area contributed by atoms with Gasteiger partial charge in [0.05, 0.1) is 4.90 Å². The van der Waals surface area contributed by atoms with Crippen molar-refractivity contribution in [2.45, 2.75) is 50.0 Å². The molecule has 1 fully saturated rings. The number of hydrogen-bond donors (Lipinski definition) is 2. The van der Waals surface area contributed by atoms with Gasteiger partial charge in [-0.15, -0.1) is 0 Å². The van der Waals surface area contributed by atoms with Gasteiger partial charge in [0.2, 0.25) is 10.0 Å². The summed E-state index contributed by atoms with van der Waals surface area (Å²) < 4.78 is 23.6. The first kappa shape index (κ1) is 16.5. The van der Waals surface area contributed by atoms with Crippen LogP contribution in [0.5, 0.6) is 0 Å². The van der Waals surface area contributed by atoms with Crippen LogP contribution in [0.25, 0.3) is 0 Å². The third-order valence-electron chi connectivity index (χ3n) is 3.73. The predicted molar refractivity (Wildman–Crippen MR) is 84.6 cm³/mol. The number of nitrogens with two attached hydrogens (primary N) is 1. The molecule has 2 rings (SSSR count). The summed E-state index contributed by atoms with van der Waals surface area (Å²) in [5, 5.41) is 8.16. The number of carbonyl (C=O) groups is 1. The van der Waals surface area contributed by atoms with Crippen LogP contribution in [0.3, 0.4) is 0 Å². The van der Waals surface area contributed by atoms with E-state index in [2.05, 4.69) is 21.2 Å². The topological polar surface area (TPSA) is 89.3 Å². The Labute approximate surface area is 133 Å². The molecule has 116 valence electrons. The van der Waals surface area contributed by atoms with Crippen molar-refractivity contribution < 1.29 is 13.2 Å². The molecular formula is C14H19BrN2O3S. The van der Waals surface area contributed by atoms with Crippen molar-refractivity contribution in [1.29, 1.82) is 0 Å². The molecular weight excluding hydrogens is 356 g/mol. The third-order valence-corrected chi connectivity index (χ3v) is 5.98. The van der Waals surface area contributed by atoms with Crippen LogP contribution in [0, 0.1) is 6.92 Å². The minimum absolute atomic E-state index is 0.0590. The van der Waals surface area contributed by atoms with Crippen LogP contribution in [0.1, 0.15) is 48.0 Å². The minimum atomic E-state index is -3.87. The number of nitrogens with one attached hydrogen (secondary N) is 1. The lowest BCUT2D eigenvalue weighted by molar-refractivity contribution is 0.0927. The number of halogens is 1. The lowest BCUT2D eigenvalue weighted by atomic mass is 9.95. The lowest BCUT2D eigenvalue weighted by Gasteiger charge is -2.23. The number of aryl methyl sites for hydroxylation is 1. The Morgan fingerprint density at radius 1 is 1.29 bits per heavy atom.